The van der Waals surface area contributed by atoms with Crippen LogP contribution in [0.25, 0.3) is 11.1 Å². The highest BCUT2D eigenvalue weighted by Gasteiger charge is 2.20. The van der Waals surface area contributed by atoms with E-state index < -0.39 is 23.8 Å². The molecule has 0 unspecified atom stereocenters. The SMILES string of the molecule is COc1ccc(-c2cc(Cl)c(C(=O)N[C@H](C=O)CNC(=O)CNC(=O)c3cccc(NC(=N)N)c3)c(Cl)c2)cc1. The number of guanidine groups is 1. The number of aldehydes is 1. The van der Waals surface area contributed by atoms with Gasteiger partial charge in [-0.1, -0.05) is 41.4 Å². The smallest absolute Gasteiger partial charge is 0.254 e. The van der Waals surface area contributed by atoms with Crippen molar-refractivity contribution >= 4 is 58.9 Å². The molecule has 0 saturated carbocycles. The summed E-state index contributed by atoms with van der Waals surface area (Å²) in [4.78, 5) is 49.0. The van der Waals surface area contributed by atoms with Crippen LogP contribution in [0.2, 0.25) is 10.0 Å². The molecule has 11 nitrogen and oxygen atoms in total. The van der Waals surface area contributed by atoms with Gasteiger partial charge in [0.15, 0.2) is 5.96 Å². The summed E-state index contributed by atoms with van der Waals surface area (Å²) in [6, 6.07) is 15.4. The molecule has 3 amide bonds. The maximum atomic E-state index is 12.8. The second-order valence-corrected chi connectivity index (χ2v) is 9.18. The number of benzene rings is 3. The summed E-state index contributed by atoms with van der Waals surface area (Å²) in [5.41, 5.74) is 7.42. The molecule has 0 heterocycles. The largest absolute Gasteiger partial charge is 0.497 e. The van der Waals surface area contributed by atoms with Gasteiger partial charge in [-0.05, 0) is 53.6 Å². The van der Waals surface area contributed by atoms with Crippen molar-refractivity contribution < 1.29 is 23.9 Å². The summed E-state index contributed by atoms with van der Waals surface area (Å²) >= 11 is 12.7. The van der Waals surface area contributed by atoms with Crippen molar-refractivity contribution in [3.05, 3.63) is 81.8 Å². The van der Waals surface area contributed by atoms with E-state index in [-0.39, 0.29) is 40.2 Å². The molecule has 0 radical (unpaired) electrons. The van der Waals surface area contributed by atoms with E-state index in [0.717, 1.165) is 5.56 Å². The Morgan fingerprint density at radius 3 is 2.25 bits per heavy atom. The maximum absolute atomic E-state index is 12.8. The van der Waals surface area contributed by atoms with E-state index in [1.54, 1.807) is 43.5 Å². The number of nitrogens with two attached hydrogens (primary N) is 1. The summed E-state index contributed by atoms with van der Waals surface area (Å²) in [7, 11) is 1.56. The lowest BCUT2D eigenvalue weighted by Gasteiger charge is -2.16. The molecule has 7 N–H and O–H groups in total. The van der Waals surface area contributed by atoms with Crippen molar-refractivity contribution in [3.8, 4) is 16.9 Å². The summed E-state index contributed by atoms with van der Waals surface area (Å²) in [6.45, 7) is -0.617. The zero-order chi connectivity index (χ0) is 29.2. The van der Waals surface area contributed by atoms with Gasteiger partial charge in [-0.2, -0.15) is 0 Å². The van der Waals surface area contributed by atoms with Crippen LogP contribution in [0.3, 0.4) is 0 Å². The molecule has 0 saturated heterocycles. The second-order valence-electron chi connectivity index (χ2n) is 8.37. The Morgan fingerprint density at radius 1 is 0.975 bits per heavy atom. The van der Waals surface area contributed by atoms with Crippen LogP contribution >= 0.6 is 23.2 Å². The minimum absolute atomic E-state index is 0.0208. The van der Waals surface area contributed by atoms with Gasteiger partial charge in [-0.25, -0.2) is 0 Å². The molecule has 13 heteroatoms. The predicted octanol–water partition coefficient (Wildman–Crippen LogP) is 2.82. The molecule has 0 aliphatic carbocycles. The second kappa shape index (κ2) is 14.0. The molecule has 3 aromatic carbocycles. The first kappa shape index (κ1) is 29.9. The molecule has 0 spiro atoms. The number of hydrogen-bond donors (Lipinski definition) is 6. The highest BCUT2D eigenvalue weighted by atomic mass is 35.5. The zero-order valence-electron chi connectivity index (χ0n) is 21.2. The average Bonchev–Trinajstić information content (AvgIpc) is 2.93. The normalized spacial score (nSPS) is 11.1. The summed E-state index contributed by atoms with van der Waals surface area (Å²) in [6.07, 6.45) is 0.456. The summed E-state index contributed by atoms with van der Waals surface area (Å²) in [5.74, 6) is -1.43. The fraction of sp³-hybridized carbons (Fsp3) is 0.148. The van der Waals surface area contributed by atoms with Crippen molar-refractivity contribution in [1.29, 1.82) is 5.41 Å². The number of amides is 3. The lowest BCUT2D eigenvalue weighted by molar-refractivity contribution is -0.120. The topological polar surface area (TPSA) is 176 Å². The van der Waals surface area contributed by atoms with Crippen LogP contribution in [0.1, 0.15) is 20.7 Å². The first-order valence-electron chi connectivity index (χ1n) is 11.8. The molecule has 0 aromatic heterocycles. The molecule has 0 fully saturated rings. The van der Waals surface area contributed by atoms with E-state index >= 15 is 0 Å². The van der Waals surface area contributed by atoms with Crippen LogP contribution in [0.5, 0.6) is 5.75 Å². The van der Waals surface area contributed by atoms with Crippen molar-refractivity contribution in [2.45, 2.75) is 6.04 Å². The highest BCUT2D eigenvalue weighted by molar-refractivity contribution is 6.40. The minimum Gasteiger partial charge on any atom is -0.497 e. The number of rotatable bonds is 11. The van der Waals surface area contributed by atoms with E-state index in [0.29, 0.717) is 23.3 Å². The first-order chi connectivity index (χ1) is 19.1. The monoisotopic (exact) mass is 584 g/mol. The number of ether oxygens (including phenoxy) is 1. The Balaban J connectivity index is 1.55. The van der Waals surface area contributed by atoms with Gasteiger partial charge in [0.05, 0.1) is 29.3 Å². The quantitative estimate of drug-likeness (QED) is 0.114. The number of carbonyl (C=O) groups excluding carboxylic acids is 4. The van der Waals surface area contributed by atoms with Crippen molar-refractivity contribution in [3.63, 3.8) is 0 Å². The van der Waals surface area contributed by atoms with Crippen molar-refractivity contribution in [2.24, 2.45) is 5.73 Å². The Bertz CT molecular complexity index is 1410. The highest BCUT2D eigenvalue weighted by Crippen LogP contribution is 2.32. The van der Waals surface area contributed by atoms with Crippen LogP contribution in [0.4, 0.5) is 5.69 Å². The van der Waals surface area contributed by atoms with Gasteiger partial charge in [-0.15, -0.1) is 0 Å². The molecule has 0 aliphatic rings. The van der Waals surface area contributed by atoms with Crippen molar-refractivity contribution in [1.82, 2.24) is 16.0 Å². The zero-order valence-corrected chi connectivity index (χ0v) is 22.7. The number of anilines is 1. The van der Waals surface area contributed by atoms with Crippen molar-refractivity contribution in [2.75, 3.05) is 25.5 Å². The number of methoxy groups -OCH3 is 1. The van der Waals surface area contributed by atoms with Gasteiger partial charge in [0.1, 0.15) is 18.1 Å². The molecule has 0 bridgehead atoms. The third-order valence-corrected chi connectivity index (χ3v) is 6.10. The molecule has 40 heavy (non-hydrogen) atoms. The molecular weight excluding hydrogens is 559 g/mol. The summed E-state index contributed by atoms with van der Waals surface area (Å²) < 4.78 is 5.15. The Kier molecular flexibility index (Phi) is 10.5. The molecular formula is C27H26Cl2N6O5. The van der Waals surface area contributed by atoms with Gasteiger partial charge in [0.25, 0.3) is 11.8 Å². The van der Waals surface area contributed by atoms with Crippen LogP contribution in [0.15, 0.2) is 60.7 Å². The lowest BCUT2D eigenvalue weighted by Crippen LogP contribution is -2.47. The van der Waals surface area contributed by atoms with Gasteiger partial charge >= 0.3 is 0 Å². The number of carbonyl (C=O) groups is 4. The van der Waals surface area contributed by atoms with Crippen LogP contribution in [-0.2, 0) is 9.59 Å². The van der Waals surface area contributed by atoms with E-state index in [9.17, 15) is 19.2 Å². The van der Waals surface area contributed by atoms with Gasteiger partial charge in [-0.3, -0.25) is 19.8 Å². The standard InChI is InChI=1S/C27H26Cl2N6O5/c1-40-20-7-5-15(6-8-20)17-10-21(28)24(22(29)11-17)26(39)34-19(14-36)12-32-23(37)13-33-25(38)16-3-2-4-18(9-16)35-27(30)31/h2-11,14,19H,12-13H2,1H3,(H,32,37)(H,33,38)(H,34,39)(H4,30,31,35)/t19-/m0/s1. The van der Waals surface area contributed by atoms with E-state index in [1.807, 2.05) is 12.1 Å². The number of hydrogen-bond acceptors (Lipinski definition) is 6. The Morgan fingerprint density at radius 2 is 1.65 bits per heavy atom. The van der Waals surface area contributed by atoms with Crippen LogP contribution < -0.4 is 31.7 Å². The minimum atomic E-state index is -1.09. The number of nitrogens with one attached hydrogen (secondary N) is 5. The Labute approximate surface area is 239 Å². The first-order valence-corrected chi connectivity index (χ1v) is 12.5. The number of halogens is 2. The lowest BCUT2D eigenvalue weighted by atomic mass is 10.0. The summed E-state index contributed by atoms with van der Waals surface area (Å²) in [5, 5.41) is 17.4. The van der Waals surface area contributed by atoms with Crippen LogP contribution in [-0.4, -0.2) is 56.2 Å². The molecule has 0 aliphatic heterocycles. The molecule has 3 aromatic rings. The molecule has 1 atom stereocenters. The molecule has 3 rings (SSSR count). The van der Waals surface area contributed by atoms with E-state index in [1.165, 1.54) is 12.1 Å². The van der Waals surface area contributed by atoms with E-state index in [4.69, 9.17) is 39.1 Å². The predicted molar refractivity (Wildman–Crippen MR) is 153 cm³/mol. The third-order valence-electron chi connectivity index (χ3n) is 5.51. The Hall–Kier alpha value is -4.61. The average molecular weight is 585 g/mol. The maximum Gasteiger partial charge on any atom is 0.254 e. The molecule has 208 valence electrons. The fourth-order valence-electron chi connectivity index (χ4n) is 3.56. The van der Waals surface area contributed by atoms with Gasteiger partial charge in [0, 0.05) is 17.8 Å². The third kappa shape index (κ3) is 8.19. The van der Waals surface area contributed by atoms with Crippen LogP contribution in [0, 0.1) is 5.41 Å². The van der Waals surface area contributed by atoms with Gasteiger partial charge < -0.3 is 36.5 Å². The fourth-order valence-corrected chi connectivity index (χ4v) is 4.22. The van der Waals surface area contributed by atoms with Gasteiger partial charge in [0.2, 0.25) is 5.91 Å². The van der Waals surface area contributed by atoms with E-state index in [2.05, 4.69) is 21.3 Å².